The maximum absolute atomic E-state index is 7.07. The summed E-state index contributed by atoms with van der Waals surface area (Å²) in [7, 11) is 0.739. The van der Waals surface area contributed by atoms with Crippen LogP contribution in [0.25, 0.3) is 105 Å². The highest BCUT2D eigenvalue weighted by Gasteiger charge is 2.43. The monoisotopic (exact) mass is 984 g/mol. The van der Waals surface area contributed by atoms with Crippen LogP contribution in [0.15, 0.2) is 179 Å². The van der Waals surface area contributed by atoms with Gasteiger partial charge in [0.2, 0.25) is 0 Å². The lowest BCUT2D eigenvalue weighted by Gasteiger charge is -2.42. The first kappa shape index (κ1) is 45.4. The predicted octanol–water partition coefficient (Wildman–Crippen LogP) is 17.8. The van der Waals surface area contributed by atoms with E-state index in [-0.39, 0.29) is 21.7 Å². The molecule has 0 spiro atoms. The second-order valence-electron chi connectivity index (χ2n) is 25.2. The molecular weight excluding hydrogens is 924 g/mol. The fourth-order valence-corrected chi connectivity index (χ4v) is 13.8. The zero-order chi connectivity index (χ0) is 51.8. The van der Waals surface area contributed by atoms with Crippen LogP contribution in [0.5, 0.6) is 0 Å². The normalized spacial score (nSPS) is 15.8. The van der Waals surface area contributed by atoms with E-state index < -0.39 is 0 Å². The molecule has 0 saturated heterocycles. The van der Waals surface area contributed by atoms with Crippen LogP contribution in [-0.4, -0.2) is 11.8 Å². The van der Waals surface area contributed by atoms with E-state index in [9.17, 15) is 0 Å². The van der Waals surface area contributed by atoms with E-state index >= 15 is 0 Å². The van der Waals surface area contributed by atoms with Crippen molar-refractivity contribution in [3.8, 4) is 50.6 Å². The second-order valence-corrected chi connectivity index (χ2v) is 25.2. The Labute approximate surface area is 445 Å². The highest BCUT2D eigenvalue weighted by atomic mass is 16.3. The highest BCUT2D eigenvalue weighted by Crippen LogP contribution is 2.56. The van der Waals surface area contributed by atoms with Gasteiger partial charge in [-0.05, 0) is 128 Å². The molecule has 0 amide bonds. The Bertz CT molecular complexity index is 4440. The molecule has 0 unspecified atom stereocenters. The zero-order valence-corrected chi connectivity index (χ0v) is 45.1. The maximum Gasteiger partial charge on any atom is 0.198 e. The van der Waals surface area contributed by atoms with Crippen LogP contribution in [0.3, 0.4) is 0 Å². The molecule has 0 atom stereocenters. The Balaban J connectivity index is 1.03. The molecule has 12 aromatic rings. The Hall–Kier alpha value is -8.02. The lowest BCUT2D eigenvalue weighted by Crippen LogP contribution is -2.37. The molecule has 1 N–H and O–H groups in total. The molecule has 0 saturated carbocycles. The van der Waals surface area contributed by atoms with Crippen molar-refractivity contribution in [1.29, 1.82) is 0 Å². The number of benzene rings is 9. The van der Waals surface area contributed by atoms with Gasteiger partial charge in [0, 0.05) is 83.1 Å². The van der Waals surface area contributed by atoms with E-state index in [4.69, 9.17) is 8.83 Å². The largest absolute Gasteiger partial charge is 0.456 e. The van der Waals surface area contributed by atoms with Gasteiger partial charge in [0.25, 0.3) is 0 Å². The SMILES string of the molecule is CC(C)(C)c1ccc(Nc2cc3c(cc2-c2ccc4c5cc6c(cc5n5c4c2Bc2cc4c(-c7ccccc7)oc(-c7ccccc7)c4cc2-5)oc2ccccc26)-c2cc4c(cc2C3(C)C)C(C)(C)CCC4(C)C)cc1. The molecule has 15 rings (SSSR count). The lowest BCUT2D eigenvalue weighted by atomic mass is 9.58. The first-order valence-corrected chi connectivity index (χ1v) is 27.4. The van der Waals surface area contributed by atoms with Gasteiger partial charge in [0.05, 0.1) is 5.52 Å². The molecule has 4 heterocycles. The first-order chi connectivity index (χ1) is 36.5. The van der Waals surface area contributed by atoms with E-state index in [1.807, 2.05) is 0 Å². The van der Waals surface area contributed by atoms with Crippen molar-refractivity contribution in [2.24, 2.45) is 0 Å². The van der Waals surface area contributed by atoms with Crippen molar-refractivity contribution in [1.82, 2.24) is 4.57 Å². The molecule has 370 valence electrons. The van der Waals surface area contributed by atoms with Crippen LogP contribution in [0.1, 0.15) is 103 Å². The van der Waals surface area contributed by atoms with Gasteiger partial charge in [-0.15, -0.1) is 0 Å². The summed E-state index contributed by atoms with van der Waals surface area (Å²) in [6.45, 7) is 21.6. The number of aromatic nitrogens is 1. The van der Waals surface area contributed by atoms with Gasteiger partial charge in [-0.3, -0.25) is 0 Å². The average Bonchev–Trinajstić information content (AvgIpc) is 4.26. The van der Waals surface area contributed by atoms with Gasteiger partial charge >= 0.3 is 0 Å². The molecule has 1 aliphatic heterocycles. The van der Waals surface area contributed by atoms with E-state index in [0.717, 1.165) is 79.5 Å². The third kappa shape index (κ3) is 6.50. The van der Waals surface area contributed by atoms with E-state index in [1.165, 1.54) is 95.8 Å². The topological polar surface area (TPSA) is 43.2 Å². The third-order valence-corrected chi connectivity index (χ3v) is 18.2. The van der Waals surface area contributed by atoms with E-state index in [2.05, 4.69) is 242 Å². The van der Waals surface area contributed by atoms with Crippen molar-refractivity contribution in [2.75, 3.05) is 5.32 Å². The Morgan fingerprint density at radius 3 is 1.82 bits per heavy atom. The number of nitrogens with one attached hydrogen (secondary N) is 1. The summed E-state index contributed by atoms with van der Waals surface area (Å²) in [6.07, 6.45) is 2.36. The van der Waals surface area contributed by atoms with Gasteiger partial charge < -0.3 is 18.7 Å². The van der Waals surface area contributed by atoms with Gasteiger partial charge in [-0.25, -0.2) is 0 Å². The minimum absolute atomic E-state index is 0.0465. The van der Waals surface area contributed by atoms with Crippen LogP contribution in [0, 0.1) is 0 Å². The molecule has 0 bridgehead atoms. The predicted molar refractivity (Wildman–Crippen MR) is 322 cm³/mol. The van der Waals surface area contributed by atoms with Gasteiger partial charge in [0.1, 0.15) is 22.7 Å². The molecule has 0 radical (unpaired) electrons. The number of nitrogens with zero attached hydrogens (tertiary/aromatic N) is 1. The fraction of sp³-hybridized carbons (Fsp3) is 0.211. The van der Waals surface area contributed by atoms with Crippen LogP contribution in [-0.2, 0) is 21.7 Å². The van der Waals surface area contributed by atoms with Crippen molar-refractivity contribution < 1.29 is 8.83 Å². The molecule has 0 fully saturated rings. The highest BCUT2D eigenvalue weighted by molar-refractivity contribution is 6.73. The summed E-state index contributed by atoms with van der Waals surface area (Å²) in [5.74, 6) is 1.77. The molecule has 3 aromatic heterocycles. The van der Waals surface area contributed by atoms with Gasteiger partial charge in [0.15, 0.2) is 7.28 Å². The van der Waals surface area contributed by atoms with Gasteiger partial charge in [-0.2, -0.15) is 0 Å². The Kier molecular flexibility index (Phi) is 9.28. The zero-order valence-electron chi connectivity index (χ0n) is 45.1. The number of para-hydroxylation sites is 1. The fourth-order valence-electron chi connectivity index (χ4n) is 13.8. The van der Waals surface area contributed by atoms with Crippen molar-refractivity contribution in [2.45, 2.75) is 96.8 Å². The summed E-state index contributed by atoms with van der Waals surface area (Å²) in [4.78, 5) is 0. The van der Waals surface area contributed by atoms with E-state index in [0.29, 0.717) is 0 Å². The Morgan fingerprint density at radius 2 is 1.12 bits per heavy atom. The lowest BCUT2D eigenvalue weighted by molar-refractivity contribution is 0.331. The molecule has 5 heteroatoms. The Morgan fingerprint density at radius 1 is 0.487 bits per heavy atom. The van der Waals surface area contributed by atoms with Crippen LogP contribution in [0.2, 0.25) is 0 Å². The number of anilines is 2. The summed E-state index contributed by atoms with van der Waals surface area (Å²) >= 11 is 0. The molecule has 76 heavy (non-hydrogen) atoms. The molecular formula is C71H61BN2O2. The maximum atomic E-state index is 7.07. The summed E-state index contributed by atoms with van der Waals surface area (Å²) in [5.41, 5.74) is 24.5. The smallest absolute Gasteiger partial charge is 0.198 e. The van der Waals surface area contributed by atoms with Gasteiger partial charge in [-0.1, -0.05) is 183 Å². The number of fused-ring (bicyclic) bond motifs is 13. The van der Waals surface area contributed by atoms with Crippen molar-refractivity contribution in [3.05, 3.63) is 198 Å². The molecule has 2 aliphatic carbocycles. The minimum atomic E-state index is -0.210. The number of hydrogen-bond donors (Lipinski definition) is 1. The van der Waals surface area contributed by atoms with Crippen LogP contribution >= 0.6 is 0 Å². The van der Waals surface area contributed by atoms with Crippen LogP contribution in [0.4, 0.5) is 11.4 Å². The summed E-state index contributed by atoms with van der Waals surface area (Å²) < 4.78 is 16.3. The second kappa shape index (κ2) is 15.5. The quantitative estimate of drug-likeness (QED) is 0.175. The van der Waals surface area contributed by atoms with E-state index in [1.54, 1.807) is 0 Å². The number of furan rings is 2. The average molecular weight is 985 g/mol. The van der Waals surface area contributed by atoms with Crippen molar-refractivity contribution >= 4 is 84.1 Å². The third-order valence-electron chi connectivity index (χ3n) is 18.2. The number of rotatable bonds is 5. The van der Waals surface area contributed by atoms with Crippen molar-refractivity contribution in [3.63, 3.8) is 0 Å². The molecule has 9 aromatic carbocycles. The number of hydrogen-bond acceptors (Lipinski definition) is 3. The minimum Gasteiger partial charge on any atom is -0.456 e. The standard InChI is InChI=1S/C71H61BN2O2/c1-68(2,3)42-24-26-43(27-25-42)73-59-38-55-47(48-34-56-57(37-54(48)71(55,8)9)70(6,7)31-30-69(56,4)5)32-49(59)45-28-29-46-50-33-51-44-22-16-17-23-62(44)75-63(51)39-60(50)74-61-36-53-52(35-58(61)72-64(45)65(46)74)66(40-18-12-10-13-19-40)76-67(53)41-20-14-11-15-21-41/h10-29,32-39,72-73H,30-31H2,1-9H3. The molecule has 3 aliphatic rings. The first-order valence-electron chi connectivity index (χ1n) is 27.4. The van der Waals surface area contributed by atoms with Crippen LogP contribution < -0.4 is 16.2 Å². The molecule has 4 nitrogen and oxygen atoms in total. The summed E-state index contributed by atoms with van der Waals surface area (Å²) in [6, 6.07) is 63.4. The summed E-state index contributed by atoms with van der Waals surface area (Å²) in [5, 5.41) is 11.0.